The van der Waals surface area contributed by atoms with Gasteiger partial charge in [-0.2, -0.15) is 0 Å². The maximum atomic E-state index is 9.26. The summed E-state index contributed by atoms with van der Waals surface area (Å²) in [5, 5.41) is 9.80. The molecule has 0 atom stereocenters. The van der Waals surface area contributed by atoms with Crippen LogP contribution in [0.1, 0.15) is 5.56 Å². The fourth-order valence-electron chi connectivity index (χ4n) is 1.66. The summed E-state index contributed by atoms with van der Waals surface area (Å²) in [7, 11) is 0. The van der Waals surface area contributed by atoms with Gasteiger partial charge in [0.15, 0.2) is 0 Å². The van der Waals surface area contributed by atoms with E-state index in [-0.39, 0.29) is 6.61 Å². The minimum atomic E-state index is -0.110. The zero-order valence-electron chi connectivity index (χ0n) is 10.4. The fourth-order valence-corrected chi connectivity index (χ4v) is 2.63. The molecule has 100 valence electrons. The van der Waals surface area contributed by atoms with Crippen LogP contribution in [0.5, 0.6) is 5.75 Å². The van der Waals surface area contributed by atoms with Crippen molar-refractivity contribution in [3.05, 3.63) is 59.1 Å². The zero-order chi connectivity index (χ0) is 13.5. The molecule has 0 aliphatic heterocycles. The molecule has 0 aliphatic carbocycles. The summed E-state index contributed by atoms with van der Waals surface area (Å²) in [6.45, 7) is 0.466. The van der Waals surface area contributed by atoms with Crippen LogP contribution in [0.3, 0.4) is 0 Å². The van der Waals surface area contributed by atoms with E-state index >= 15 is 0 Å². The minimum absolute atomic E-state index is 0.110. The summed E-state index contributed by atoms with van der Waals surface area (Å²) in [4.78, 5) is 1.22. The van der Waals surface area contributed by atoms with E-state index in [1.807, 2.05) is 30.3 Å². The summed E-state index contributed by atoms with van der Waals surface area (Å²) >= 11 is 7.73. The average Bonchev–Trinajstić information content (AvgIpc) is 2.45. The first-order valence-electron chi connectivity index (χ1n) is 6.00. The van der Waals surface area contributed by atoms with Crippen molar-refractivity contribution in [1.29, 1.82) is 0 Å². The van der Waals surface area contributed by atoms with Gasteiger partial charge in [0.1, 0.15) is 5.75 Å². The number of halogens is 1. The van der Waals surface area contributed by atoms with E-state index in [2.05, 4.69) is 12.1 Å². The molecule has 0 spiro atoms. The smallest absolute Gasteiger partial charge is 0.126 e. The van der Waals surface area contributed by atoms with Crippen LogP contribution in [-0.4, -0.2) is 17.5 Å². The Hall–Kier alpha value is -1.16. The van der Waals surface area contributed by atoms with Gasteiger partial charge >= 0.3 is 0 Å². The molecule has 0 bridgehead atoms. The summed E-state index contributed by atoms with van der Waals surface area (Å²) in [5.41, 5.74) is 0.647. The Morgan fingerprint density at radius 3 is 2.58 bits per heavy atom. The van der Waals surface area contributed by atoms with Gasteiger partial charge < -0.3 is 9.84 Å². The number of hydrogen-bond donors (Lipinski definition) is 1. The maximum absolute atomic E-state index is 9.26. The van der Waals surface area contributed by atoms with Crippen LogP contribution in [0.15, 0.2) is 53.4 Å². The number of ether oxygens (including phenoxy) is 1. The molecular weight excluding hydrogens is 280 g/mol. The van der Waals surface area contributed by atoms with Gasteiger partial charge in [-0.05, 0) is 24.3 Å². The third kappa shape index (κ3) is 4.16. The van der Waals surface area contributed by atoms with Crippen molar-refractivity contribution in [3.8, 4) is 5.75 Å². The van der Waals surface area contributed by atoms with E-state index in [9.17, 15) is 5.11 Å². The molecule has 1 N–H and O–H groups in total. The van der Waals surface area contributed by atoms with E-state index in [1.165, 1.54) is 4.90 Å². The largest absolute Gasteiger partial charge is 0.492 e. The number of aliphatic hydroxyl groups is 1. The van der Waals surface area contributed by atoms with Crippen LogP contribution < -0.4 is 4.74 Å². The van der Waals surface area contributed by atoms with Gasteiger partial charge in [0.05, 0.1) is 13.2 Å². The summed E-state index contributed by atoms with van der Waals surface area (Å²) in [5.74, 6) is 1.50. The van der Waals surface area contributed by atoms with Crippen LogP contribution in [0, 0.1) is 0 Å². The lowest BCUT2D eigenvalue weighted by Crippen LogP contribution is -2.03. The van der Waals surface area contributed by atoms with Crippen LogP contribution in [0.2, 0.25) is 5.02 Å². The molecule has 0 aromatic heterocycles. The van der Waals surface area contributed by atoms with Gasteiger partial charge in [0.2, 0.25) is 0 Å². The second-order valence-corrected chi connectivity index (χ2v) is 5.46. The Balaban J connectivity index is 1.85. The maximum Gasteiger partial charge on any atom is 0.126 e. The molecule has 0 radical (unpaired) electrons. The number of rotatable bonds is 6. The highest BCUT2D eigenvalue weighted by Crippen LogP contribution is 2.26. The lowest BCUT2D eigenvalue weighted by Gasteiger charge is -2.11. The van der Waals surface area contributed by atoms with Crippen molar-refractivity contribution in [2.45, 2.75) is 11.5 Å². The van der Waals surface area contributed by atoms with Gasteiger partial charge in [-0.15, -0.1) is 11.8 Å². The predicted molar refractivity (Wildman–Crippen MR) is 80.0 cm³/mol. The summed E-state index contributed by atoms with van der Waals surface area (Å²) in [6.07, 6.45) is 0. The van der Waals surface area contributed by atoms with Crippen LogP contribution >= 0.6 is 23.4 Å². The molecule has 2 aromatic carbocycles. The highest BCUT2D eigenvalue weighted by Gasteiger charge is 2.06. The highest BCUT2D eigenvalue weighted by molar-refractivity contribution is 7.99. The lowest BCUT2D eigenvalue weighted by atomic mass is 10.2. The fraction of sp³-hybridized carbons (Fsp3) is 0.200. The molecule has 2 rings (SSSR count). The Bertz CT molecular complexity index is 517. The summed E-state index contributed by atoms with van der Waals surface area (Å²) < 4.78 is 5.67. The molecule has 4 heteroatoms. The van der Waals surface area contributed by atoms with E-state index in [1.54, 1.807) is 17.8 Å². The third-order valence-electron chi connectivity index (χ3n) is 2.59. The van der Waals surface area contributed by atoms with E-state index < -0.39 is 0 Å². The van der Waals surface area contributed by atoms with Crippen molar-refractivity contribution < 1.29 is 9.84 Å². The molecule has 0 unspecified atom stereocenters. The first kappa shape index (κ1) is 14.3. The molecule has 0 saturated carbocycles. The molecule has 0 amide bonds. The summed E-state index contributed by atoms with van der Waals surface area (Å²) in [6, 6.07) is 15.6. The molecule has 2 aromatic rings. The first-order chi connectivity index (χ1) is 9.31. The Labute approximate surface area is 122 Å². The number of aliphatic hydroxyl groups excluding tert-OH is 1. The number of benzene rings is 2. The van der Waals surface area contributed by atoms with Crippen molar-refractivity contribution >= 4 is 23.4 Å². The second-order valence-electron chi connectivity index (χ2n) is 3.88. The molecule has 0 aliphatic rings. The van der Waals surface area contributed by atoms with Crippen LogP contribution in [0.25, 0.3) is 0 Å². The Morgan fingerprint density at radius 1 is 1.05 bits per heavy atom. The quantitative estimate of drug-likeness (QED) is 0.645. The molecule has 2 nitrogen and oxygen atoms in total. The van der Waals surface area contributed by atoms with Crippen molar-refractivity contribution in [1.82, 2.24) is 0 Å². The van der Waals surface area contributed by atoms with Gasteiger partial charge in [0.25, 0.3) is 0 Å². The highest BCUT2D eigenvalue weighted by atomic mass is 35.5. The standard InChI is InChI=1S/C15H15ClO2S/c16-14-7-4-8-15(13(14)11-17)18-9-10-19-12-5-2-1-3-6-12/h1-8,17H,9-11H2. The van der Waals surface area contributed by atoms with E-state index in [4.69, 9.17) is 16.3 Å². The number of hydrogen-bond acceptors (Lipinski definition) is 3. The van der Waals surface area contributed by atoms with Crippen LogP contribution in [-0.2, 0) is 6.61 Å². The molecule has 0 fully saturated rings. The van der Waals surface area contributed by atoms with Crippen LogP contribution in [0.4, 0.5) is 0 Å². The normalized spacial score (nSPS) is 10.4. The second kappa shape index (κ2) is 7.43. The van der Waals surface area contributed by atoms with E-state index in [0.717, 1.165) is 5.75 Å². The molecule has 0 heterocycles. The van der Waals surface area contributed by atoms with Gasteiger partial charge in [-0.3, -0.25) is 0 Å². The van der Waals surface area contributed by atoms with Crippen molar-refractivity contribution in [3.63, 3.8) is 0 Å². The SMILES string of the molecule is OCc1c(Cl)cccc1OCCSc1ccccc1. The van der Waals surface area contributed by atoms with Crippen molar-refractivity contribution in [2.75, 3.05) is 12.4 Å². The monoisotopic (exact) mass is 294 g/mol. The van der Waals surface area contributed by atoms with E-state index in [0.29, 0.717) is 22.9 Å². The molecule has 19 heavy (non-hydrogen) atoms. The average molecular weight is 295 g/mol. The van der Waals surface area contributed by atoms with Gasteiger partial charge in [0, 0.05) is 21.2 Å². The molecular formula is C15H15ClO2S. The van der Waals surface area contributed by atoms with Gasteiger partial charge in [-0.1, -0.05) is 35.9 Å². The van der Waals surface area contributed by atoms with Crippen molar-refractivity contribution in [2.24, 2.45) is 0 Å². The zero-order valence-corrected chi connectivity index (χ0v) is 12.0. The molecule has 0 saturated heterocycles. The Kier molecular flexibility index (Phi) is 5.58. The first-order valence-corrected chi connectivity index (χ1v) is 7.36. The minimum Gasteiger partial charge on any atom is -0.492 e. The predicted octanol–water partition coefficient (Wildman–Crippen LogP) is 4.00. The Morgan fingerprint density at radius 2 is 1.84 bits per heavy atom. The number of thioether (sulfide) groups is 1. The topological polar surface area (TPSA) is 29.5 Å². The van der Waals surface area contributed by atoms with Gasteiger partial charge in [-0.25, -0.2) is 0 Å². The third-order valence-corrected chi connectivity index (χ3v) is 3.92. The lowest BCUT2D eigenvalue weighted by molar-refractivity contribution is 0.267.